The van der Waals surface area contributed by atoms with Gasteiger partial charge in [-0.2, -0.15) is 0 Å². The highest BCUT2D eigenvalue weighted by atomic mass is 127. The molecule has 1 aliphatic heterocycles. The molecule has 0 radical (unpaired) electrons. The van der Waals surface area contributed by atoms with Gasteiger partial charge in [-0.1, -0.05) is 19.9 Å². The van der Waals surface area contributed by atoms with Crippen LogP contribution in [0.15, 0.2) is 29.3 Å². The highest BCUT2D eigenvalue weighted by molar-refractivity contribution is 14.0. The van der Waals surface area contributed by atoms with Crippen LogP contribution in [0, 0.1) is 11.3 Å². The van der Waals surface area contributed by atoms with Crippen molar-refractivity contribution in [3.05, 3.63) is 24.3 Å². The maximum Gasteiger partial charge on any atom is 0.191 e. The predicted molar refractivity (Wildman–Crippen MR) is 118 cm³/mol. The number of fused-ring (bicyclic) bond motifs is 1. The molecule has 27 heavy (non-hydrogen) atoms. The molecule has 7 heteroatoms. The number of methoxy groups -OCH3 is 1. The van der Waals surface area contributed by atoms with Crippen molar-refractivity contribution < 1.29 is 14.2 Å². The molecule has 1 heterocycles. The smallest absolute Gasteiger partial charge is 0.191 e. The van der Waals surface area contributed by atoms with Gasteiger partial charge >= 0.3 is 0 Å². The first-order valence-corrected chi connectivity index (χ1v) is 9.35. The lowest BCUT2D eigenvalue weighted by Crippen LogP contribution is -2.68. The summed E-state index contributed by atoms with van der Waals surface area (Å²) in [5.74, 6) is 2.98. The Balaban J connectivity index is 0.00000261. The molecule has 1 aromatic rings. The molecule has 3 rings (SSSR count). The summed E-state index contributed by atoms with van der Waals surface area (Å²) in [6, 6.07) is 8.04. The lowest BCUT2D eigenvalue weighted by molar-refractivity contribution is -0.106. The summed E-state index contributed by atoms with van der Waals surface area (Å²) >= 11 is 0. The molecule has 0 bridgehead atoms. The van der Waals surface area contributed by atoms with Gasteiger partial charge in [-0.05, 0) is 25.5 Å². The Hall–Kier alpha value is -1.22. The van der Waals surface area contributed by atoms with Crippen LogP contribution >= 0.6 is 24.0 Å². The standard InChI is InChI=1S/C20H31N3O3.HI/c1-13(26-15-8-6-7-14(11-15)24-5)12-22-19(21-4)23-17-16-9-10-25-18(16)20(17,2)3;/h6-8,11,13,16-18H,9-10,12H2,1-5H3,(H2,21,22,23);1H. The van der Waals surface area contributed by atoms with E-state index in [2.05, 4.69) is 29.5 Å². The lowest BCUT2D eigenvalue weighted by Gasteiger charge is -2.54. The highest BCUT2D eigenvalue weighted by Gasteiger charge is 2.59. The molecular weight excluding hydrogens is 457 g/mol. The molecule has 1 saturated heterocycles. The molecule has 152 valence electrons. The molecule has 0 spiro atoms. The second-order valence-electron chi connectivity index (χ2n) is 7.75. The van der Waals surface area contributed by atoms with Gasteiger partial charge in [-0.15, -0.1) is 24.0 Å². The van der Waals surface area contributed by atoms with Gasteiger partial charge in [-0.3, -0.25) is 4.99 Å². The number of halogens is 1. The molecule has 1 aliphatic carbocycles. The fourth-order valence-electron chi connectivity index (χ4n) is 4.15. The first kappa shape index (κ1) is 22.1. The summed E-state index contributed by atoms with van der Waals surface area (Å²) in [5.41, 5.74) is 0.126. The summed E-state index contributed by atoms with van der Waals surface area (Å²) in [5, 5.41) is 6.96. The second-order valence-corrected chi connectivity index (χ2v) is 7.75. The van der Waals surface area contributed by atoms with Crippen molar-refractivity contribution in [1.29, 1.82) is 0 Å². The zero-order chi connectivity index (χ0) is 18.7. The van der Waals surface area contributed by atoms with Gasteiger partial charge in [0.2, 0.25) is 0 Å². The van der Waals surface area contributed by atoms with Crippen molar-refractivity contribution >= 4 is 29.9 Å². The average molecular weight is 489 g/mol. The third kappa shape index (κ3) is 4.80. The highest BCUT2D eigenvalue weighted by Crippen LogP contribution is 2.52. The molecule has 0 amide bonds. The molecule has 4 atom stereocenters. The largest absolute Gasteiger partial charge is 0.497 e. The van der Waals surface area contributed by atoms with Crippen molar-refractivity contribution in [1.82, 2.24) is 10.6 Å². The summed E-state index contributed by atoms with van der Waals surface area (Å²) in [4.78, 5) is 4.37. The number of aliphatic imine (C=N–C) groups is 1. The number of guanidine groups is 1. The Morgan fingerprint density at radius 1 is 1.37 bits per heavy atom. The van der Waals surface area contributed by atoms with Crippen LogP contribution in [0.4, 0.5) is 0 Å². The number of nitrogens with zero attached hydrogens (tertiary/aromatic N) is 1. The van der Waals surface area contributed by atoms with E-state index in [0.717, 1.165) is 30.5 Å². The van der Waals surface area contributed by atoms with Crippen LogP contribution in [0.3, 0.4) is 0 Å². The number of ether oxygens (including phenoxy) is 3. The Morgan fingerprint density at radius 2 is 2.11 bits per heavy atom. The zero-order valence-electron chi connectivity index (χ0n) is 16.8. The maximum atomic E-state index is 5.96. The average Bonchev–Trinajstić information content (AvgIpc) is 3.09. The van der Waals surface area contributed by atoms with Gasteiger partial charge in [0.25, 0.3) is 0 Å². The number of nitrogens with one attached hydrogen (secondary N) is 2. The number of hydrogen-bond donors (Lipinski definition) is 2. The van der Waals surface area contributed by atoms with Crippen LogP contribution < -0.4 is 20.1 Å². The quantitative estimate of drug-likeness (QED) is 0.366. The summed E-state index contributed by atoms with van der Waals surface area (Å²) in [7, 11) is 3.46. The van der Waals surface area contributed by atoms with Crippen molar-refractivity contribution in [2.75, 3.05) is 27.3 Å². The van der Waals surface area contributed by atoms with Crippen molar-refractivity contribution in [2.45, 2.75) is 45.4 Å². The first-order chi connectivity index (χ1) is 12.5. The maximum absolute atomic E-state index is 5.96. The van der Waals surface area contributed by atoms with Gasteiger partial charge in [0.1, 0.15) is 17.6 Å². The van der Waals surface area contributed by atoms with Crippen LogP contribution in [0.25, 0.3) is 0 Å². The Bertz CT molecular complexity index is 653. The number of benzene rings is 1. The summed E-state index contributed by atoms with van der Waals surface area (Å²) < 4.78 is 17.1. The number of rotatable bonds is 6. The van der Waals surface area contributed by atoms with Crippen LogP contribution in [0.1, 0.15) is 27.2 Å². The molecule has 0 aromatic heterocycles. The van der Waals surface area contributed by atoms with Crippen LogP contribution in [-0.2, 0) is 4.74 Å². The molecular formula is C20H32IN3O3. The fraction of sp³-hybridized carbons (Fsp3) is 0.650. The third-order valence-electron chi connectivity index (χ3n) is 5.55. The van der Waals surface area contributed by atoms with E-state index in [4.69, 9.17) is 14.2 Å². The Labute approximate surface area is 179 Å². The van der Waals surface area contributed by atoms with E-state index in [0.29, 0.717) is 24.6 Å². The summed E-state index contributed by atoms with van der Waals surface area (Å²) in [6.45, 7) is 8.09. The Kier molecular flexibility index (Phi) is 7.62. The van der Waals surface area contributed by atoms with Crippen LogP contribution in [-0.4, -0.2) is 51.5 Å². The first-order valence-electron chi connectivity index (χ1n) is 9.35. The van der Waals surface area contributed by atoms with E-state index in [1.165, 1.54) is 0 Å². The van der Waals surface area contributed by atoms with Crippen molar-refractivity contribution in [3.8, 4) is 11.5 Å². The van der Waals surface area contributed by atoms with E-state index in [1.807, 2.05) is 31.2 Å². The van der Waals surface area contributed by atoms with Gasteiger partial charge in [0, 0.05) is 37.1 Å². The topological polar surface area (TPSA) is 64.1 Å². The van der Waals surface area contributed by atoms with Crippen LogP contribution in [0.2, 0.25) is 0 Å². The molecule has 2 aliphatic rings. The molecule has 6 nitrogen and oxygen atoms in total. The van der Waals surface area contributed by atoms with E-state index in [1.54, 1.807) is 14.2 Å². The molecule has 1 saturated carbocycles. The summed E-state index contributed by atoms with van der Waals surface area (Å²) in [6.07, 6.45) is 1.49. The van der Waals surface area contributed by atoms with E-state index < -0.39 is 0 Å². The SMILES string of the molecule is CN=C(NCC(C)Oc1cccc(OC)c1)NC1C2CCOC2C1(C)C.I. The molecule has 4 unspecified atom stereocenters. The molecule has 2 N–H and O–H groups in total. The molecule has 1 aromatic carbocycles. The minimum Gasteiger partial charge on any atom is -0.497 e. The van der Waals surface area contributed by atoms with Gasteiger partial charge in [0.15, 0.2) is 5.96 Å². The van der Waals surface area contributed by atoms with Crippen LogP contribution in [0.5, 0.6) is 11.5 Å². The van der Waals surface area contributed by atoms with E-state index >= 15 is 0 Å². The lowest BCUT2D eigenvalue weighted by atomic mass is 9.57. The van der Waals surface area contributed by atoms with Crippen molar-refractivity contribution in [3.63, 3.8) is 0 Å². The normalized spacial score (nSPS) is 26.9. The molecule has 2 fully saturated rings. The van der Waals surface area contributed by atoms with Gasteiger partial charge in [-0.25, -0.2) is 0 Å². The minimum absolute atomic E-state index is 0. The number of hydrogen-bond acceptors (Lipinski definition) is 4. The van der Waals surface area contributed by atoms with Gasteiger partial charge in [0.05, 0.1) is 19.8 Å². The Morgan fingerprint density at radius 3 is 2.81 bits per heavy atom. The van der Waals surface area contributed by atoms with E-state index in [9.17, 15) is 0 Å². The second kappa shape index (κ2) is 9.32. The monoisotopic (exact) mass is 489 g/mol. The third-order valence-corrected chi connectivity index (χ3v) is 5.55. The van der Waals surface area contributed by atoms with Gasteiger partial charge < -0.3 is 24.8 Å². The van der Waals surface area contributed by atoms with Crippen molar-refractivity contribution in [2.24, 2.45) is 16.3 Å². The zero-order valence-corrected chi connectivity index (χ0v) is 19.2. The predicted octanol–water partition coefficient (Wildman–Crippen LogP) is 3.06. The fourth-order valence-corrected chi connectivity index (χ4v) is 4.15. The minimum atomic E-state index is -0.00220. The van der Waals surface area contributed by atoms with E-state index in [-0.39, 0.29) is 35.5 Å².